The second-order valence-electron chi connectivity index (χ2n) is 3.46. The van der Waals surface area contributed by atoms with Gasteiger partial charge in [0.1, 0.15) is 5.92 Å². The van der Waals surface area contributed by atoms with E-state index in [1.807, 2.05) is 5.16 Å². The number of H-pyrrole nitrogens is 1. The van der Waals surface area contributed by atoms with Crippen LogP contribution in [0, 0.1) is 11.7 Å². The summed E-state index contributed by atoms with van der Waals surface area (Å²) in [6.07, 6.45) is 0. The predicted molar refractivity (Wildman–Crippen MR) is 48.9 cm³/mol. The summed E-state index contributed by atoms with van der Waals surface area (Å²) in [4.78, 5) is 22.2. The van der Waals surface area contributed by atoms with Crippen molar-refractivity contribution in [2.45, 2.75) is 19.8 Å². The third-order valence-electron chi connectivity index (χ3n) is 2.07. The van der Waals surface area contributed by atoms with Crippen LogP contribution in [0.15, 0.2) is 9.32 Å². The Morgan fingerprint density at radius 2 is 2.13 bits per heavy atom. The van der Waals surface area contributed by atoms with Crippen LogP contribution in [0.3, 0.4) is 0 Å². The quantitative estimate of drug-likeness (QED) is 0.767. The van der Waals surface area contributed by atoms with Crippen LogP contribution in [0.1, 0.15) is 25.5 Å². The monoisotopic (exact) mass is 217 g/mol. The molecule has 1 heterocycles. The molecule has 84 valence electrons. The van der Waals surface area contributed by atoms with E-state index in [9.17, 15) is 14.0 Å². The number of halogens is 1. The van der Waals surface area contributed by atoms with Gasteiger partial charge in [-0.15, -0.1) is 0 Å². The lowest BCUT2D eigenvalue weighted by atomic mass is 9.93. The first-order valence-corrected chi connectivity index (χ1v) is 4.43. The third kappa shape index (κ3) is 2.08. The summed E-state index contributed by atoms with van der Waals surface area (Å²) in [5.74, 6) is -3.15. The lowest BCUT2D eigenvalue weighted by Gasteiger charge is -2.14. The van der Waals surface area contributed by atoms with Gasteiger partial charge in [0.2, 0.25) is 5.82 Å². The number of esters is 1. The van der Waals surface area contributed by atoms with E-state index in [0.717, 1.165) is 0 Å². The number of hydrogen-bond donors (Lipinski definition) is 1. The molecule has 0 aliphatic heterocycles. The van der Waals surface area contributed by atoms with E-state index in [2.05, 4.69) is 9.26 Å². The molecule has 0 aromatic carbocycles. The van der Waals surface area contributed by atoms with Gasteiger partial charge in [0.25, 0.3) is 0 Å². The fourth-order valence-corrected chi connectivity index (χ4v) is 1.31. The van der Waals surface area contributed by atoms with Crippen molar-refractivity contribution in [1.29, 1.82) is 0 Å². The molecule has 1 aromatic rings. The van der Waals surface area contributed by atoms with Crippen LogP contribution >= 0.6 is 0 Å². The number of hydrogen-bond acceptors (Lipinski definition) is 4. The third-order valence-corrected chi connectivity index (χ3v) is 2.07. The molecule has 0 aliphatic rings. The van der Waals surface area contributed by atoms with Gasteiger partial charge in [-0.1, -0.05) is 13.8 Å². The zero-order valence-electron chi connectivity index (χ0n) is 8.67. The van der Waals surface area contributed by atoms with Crippen molar-refractivity contribution in [3.05, 3.63) is 21.9 Å². The van der Waals surface area contributed by atoms with Gasteiger partial charge in [-0.25, -0.2) is 0 Å². The topological polar surface area (TPSA) is 72.3 Å². The molecule has 1 rings (SSSR count). The SMILES string of the molecule is COC(=O)C(c1o[nH]c(=O)c1F)C(C)C. The molecular formula is C9H12FNO4. The minimum absolute atomic E-state index is 0.231. The van der Waals surface area contributed by atoms with E-state index in [-0.39, 0.29) is 11.7 Å². The van der Waals surface area contributed by atoms with Gasteiger partial charge in [0.15, 0.2) is 5.76 Å². The van der Waals surface area contributed by atoms with Crippen molar-refractivity contribution in [3.63, 3.8) is 0 Å². The van der Waals surface area contributed by atoms with Crippen LogP contribution in [0.4, 0.5) is 4.39 Å². The summed E-state index contributed by atoms with van der Waals surface area (Å²) in [5.41, 5.74) is -0.973. The molecule has 0 spiro atoms. The number of aromatic amines is 1. The fraction of sp³-hybridized carbons (Fsp3) is 0.556. The van der Waals surface area contributed by atoms with Gasteiger partial charge < -0.3 is 9.26 Å². The van der Waals surface area contributed by atoms with E-state index in [1.165, 1.54) is 7.11 Å². The van der Waals surface area contributed by atoms with Crippen molar-refractivity contribution < 1.29 is 18.4 Å². The smallest absolute Gasteiger partial charge is 0.316 e. The van der Waals surface area contributed by atoms with Gasteiger partial charge in [0.05, 0.1) is 7.11 Å². The molecule has 1 N–H and O–H groups in total. The molecule has 0 amide bonds. The molecule has 6 heteroatoms. The van der Waals surface area contributed by atoms with Gasteiger partial charge in [-0.2, -0.15) is 9.55 Å². The Labute approximate surface area is 85.2 Å². The Hall–Kier alpha value is -1.59. The zero-order valence-corrected chi connectivity index (χ0v) is 8.67. The first-order valence-electron chi connectivity index (χ1n) is 4.43. The molecule has 0 aliphatic carbocycles. The second-order valence-corrected chi connectivity index (χ2v) is 3.46. The fourth-order valence-electron chi connectivity index (χ4n) is 1.31. The molecule has 0 saturated heterocycles. The molecule has 1 unspecified atom stereocenters. The average Bonchev–Trinajstić information content (AvgIpc) is 2.49. The molecule has 15 heavy (non-hydrogen) atoms. The molecule has 0 fully saturated rings. The number of carbonyl (C=O) groups is 1. The highest BCUT2D eigenvalue weighted by atomic mass is 19.1. The standard InChI is InChI=1S/C9H12FNO4/c1-4(2)5(9(13)14-3)7-6(10)8(12)11-15-7/h4-5H,1-3H3,(H,11,12). The van der Waals surface area contributed by atoms with E-state index in [4.69, 9.17) is 0 Å². The van der Waals surface area contributed by atoms with Crippen molar-refractivity contribution in [2.75, 3.05) is 7.11 Å². The van der Waals surface area contributed by atoms with Crippen LogP contribution in [0.25, 0.3) is 0 Å². The molecule has 5 nitrogen and oxygen atoms in total. The molecule has 1 aromatic heterocycles. The average molecular weight is 217 g/mol. The summed E-state index contributed by atoms with van der Waals surface area (Å²) >= 11 is 0. The number of ether oxygens (including phenoxy) is 1. The highest BCUT2D eigenvalue weighted by molar-refractivity contribution is 5.77. The molecule has 1 atom stereocenters. The summed E-state index contributed by atoms with van der Waals surface area (Å²) < 4.78 is 22.4. The van der Waals surface area contributed by atoms with Gasteiger partial charge in [0, 0.05) is 0 Å². The van der Waals surface area contributed by atoms with Crippen LogP contribution < -0.4 is 5.56 Å². The second kappa shape index (κ2) is 4.29. The Morgan fingerprint density at radius 3 is 2.47 bits per heavy atom. The Bertz CT molecular complexity index is 406. The summed E-state index contributed by atoms with van der Waals surface area (Å²) in [6.45, 7) is 3.40. The van der Waals surface area contributed by atoms with Crippen molar-refractivity contribution in [1.82, 2.24) is 5.16 Å². The summed E-state index contributed by atoms with van der Waals surface area (Å²) in [7, 11) is 1.19. The number of methoxy groups -OCH3 is 1. The Kier molecular flexibility index (Phi) is 3.28. The molecular weight excluding hydrogens is 205 g/mol. The first kappa shape index (κ1) is 11.5. The maximum absolute atomic E-state index is 13.2. The van der Waals surface area contributed by atoms with Gasteiger partial charge >= 0.3 is 11.5 Å². The van der Waals surface area contributed by atoms with E-state index < -0.39 is 23.3 Å². The van der Waals surface area contributed by atoms with Gasteiger partial charge in [-0.3, -0.25) is 9.59 Å². The number of rotatable bonds is 3. The minimum atomic E-state index is -1.07. The van der Waals surface area contributed by atoms with Crippen molar-refractivity contribution in [2.24, 2.45) is 5.92 Å². The largest absolute Gasteiger partial charge is 0.468 e. The highest BCUT2D eigenvalue weighted by Gasteiger charge is 2.32. The minimum Gasteiger partial charge on any atom is -0.468 e. The normalized spacial score (nSPS) is 12.9. The van der Waals surface area contributed by atoms with Gasteiger partial charge in [-0.05, 0) is 5.92 Å². The zero-order chi connectivity index (χ0) is 11.6. The lowest BCUT2D eigenvalue weighted by molar-refractivity contribution is -0.144. The Balaban J connectivity index is 3.16. The lowest BCUT2D eigenvalue weighted by Crippen LogP contribution is -2.21. The van der Waals surface area contributed by atoms with Crippen molar-refractivity contribution in [3.8, 4) is 0 Å². The number of nitrogens with one attached hydrogen (secondary N) is 1. The number of aromatic nitrogens is 1. The van der Waals surface area contributed by atoms with Crippen LogP contribution in [-0.4, -0.2) is 18.2 Å². The molecule has 0 saturated carbocycles. The maximum Gasteiger partial charge on any atom is 0.316 e. The maximum atomic E-state index is 13.2. The van der Waals surface area contributed by atoms with Crippen molar-refractivity contribution >= 4 is 5.97 Å². The highest BCUT2D eigenvalue weighted by Crippen LogP contribution is 2.26. The van der Waals surface area contributed by atoms with Crippen LogP contribution in [0.2, 0.25) is 0 Å². The first-order chi connectivity index (χ1) is 6.99. The number of carbonyl (C=O) groups excluding carboxylic acids is 1. The molecule has 0 bridgehead atoms. The van der Waals surface area contributed by atoms with E-state index in [0.29, 0.717) is 0 Å². The van der Waals surface area contributed by atoms with E-state index >= 15 is 0 Å². The Morgan fingerprint density at radius 1 is 1.53 bits per heavy atom. The van der Waals surface area contributed by atoms with E-state index in [1.54, 1.807) is 13.8 Å². The summed E-state index contributed by atoms with van der Waals surface area (Å²) in [6, 6.07) is 0. The predicted octanol–water partition coefficient (Wildman–Crippen LogP) is 1.02. The van der Waals surface area contributed by atoms with Crippen LogP contribution in [0.5, 0.6) is 0 Å². The molecule has 0 radical (unpaired) electrons. The van der Waals surface area contributed by atoms with Crippen LogP contribution in [-0.2, 0) is 9.53 Å². The summed E-state index contributed by atoms with van der Waals surface area (Å²) in [5, 5.41) is 1.84.